The number of anilines is 1. The summed E-state index contributed by atoms with van der Waals surface area (Å²) in [5.41, 5.74) is 1.48. The van der Waals surface area contributed by atoms with Crippen LogP contribution < -0.4 is 4.90 Å². The van der Waals surface area contributed by atoms with Crippen molar-refractivity contribution in [2.24, 2.45) is 0 Å². The Bertz CT molecular complexity index is 528. The summed E-state index contributed by atoms with van der Waals surface area (Å²) >= 11 is 3.22. The van der Waals surface area contributed by atoms with Crippen LogP contribution >= 0.6 is 15.9 Å². The van der Waals surface area contributed by atoms with Crippen molar-refractivity contribution in [3.63, 3.8) is 0 Å². The van der Waals surface area contributed by atoms with Gasteiger partial charge < -0.3 is 5.11 Å². The molecule has 1 N–H and O–H groups in total. The van der Waals surface area contributed by atoms with Crippen LogP contribution in [0.1, 0.15) is 5.56 Å². The van der Waals surface area contributed by atoms with Gasteiger partial charge in [0.2, 0.25) is 0 Å². The van der Waals surface area contributed by atoms with E-state index in [0.717, 1.165) is 5.56 Å². The van der Waals surface area contributed by atoms with Gasteiger partial charge in [-0.05, 0) is 33.6 Å². The van der Waals surface area contributed by atoms with Crippen molar-refractivity contribution in [1.82, 2.24) is 4.98 Å². The van der Waals surface area contributed by atoms with Crippen molar-refractivity contribution in [1.29, 1.82) is 0 Å². The molecule has 5 heteroatoms. The molecule has 4 nitrogen and oxygen atoms in total. The maximum atomic E-state index is 11.3. The van der Waals surface area contributed by atoms with E-state index in [0.29, 0.717) is 16.8 Å². The average Bonchev–Trinajstić information content (AvgIpc) is 2.38. The van der Waals surface area contributed by atoms with Gasteiger partial charge in [-0.25, -0.2) is 9.78 Å². The quantitative estimate of drug-likeness (QED) is 0.883. The molecule has 1 amide bonds. The number of pyridine rings is 1. The van der Waals surface area contributed by atoms with E-state index in [2.05, 4.69) is 20.9 Å². The summed E-state index contributed by atoms with van der Waals surface area (Å²) in [5.74, 6) is 0. The summed E-state index contributed by atoms with van der Waals surface area (Å²) < 4.78 is 0.677. The molecule has 1 aromatic heterocycles. The monoisotopic (exact) mass is 306 g/mol. The molecule has 2 aromatic rings. The first kappa shape index (κ1) is 12.6. The Morgan fingerprint density at radius 2 is 1.94 bits per heavy atom. The fourth-order valence-electron chi connectivity index (χ4n) is 1.56. The van der Waals surface area contributed by atoms with Gasteiger partial charge in [-0.3, -0.25) is 4.90 Å². The van der Waals surface area contributed by atoms with Crippen molar-refractivity contribution in [3.05, 3.63) is 58.8 Å². The molecule has 0 aliphatic heterocycles. The zero-order valence-electron chi connectivity index (χ0n) is 9.45. The molecule has 0 saturated heterocycles. The standard InChI is InChI=1S/C13H11BrN2O2/c14-12-7-6-11(8-15-12)16(13(17)18)9-10-4-2-1-3-5-10/h1-8H,9H2,(H,17,18). The average molecular weight is 307 g/mol. The minimum atomic E-state index is -0.997. The number of halogens is 1. The van der Waals surface area contributed by atoms with E-state index in [1.54, 1.807) is 12.1 Å². The molecule has 0 aliphatic rings. The van der Waals surface area contributed by atoms with Gasteiger partial charge in [0.15, 0.2) is 0 Å². The fourth-order valence-corrected chi connectivity index (χ4v) is 1.80. The molecule has 18 heavy (non-hydrogen) atoms. The summed E-state index contributed by atoms with van der Waals surface area (Å²) in [6.07, 6.45) is 0.532. The molecular formula is C13H11BrN2O2. The van der Waals surface area contributed by atoms with E-state index in [9.17, 15) is 9.90 Å². The highest BCUT2D eigenvalue weighted by molar-refractivity contribution is 9.10. The molecule has 0 saturated carbocycles. The van der Waals surface area contributed by atoms with Gasteiger partial charge in [-0.2, -0.15) is 0 Å². The topological polar surface area (TPSA) is 53.4 Å². The molecule has 2 rings (SSSR count). The number of benzene rings is 1. The third kappa shape index (κ3) is 3.07. The maximum Gasteiger partial charge on any atom is 0.412 e. The SMILES string of the molecule is O=C(O)N(Cc1ccccc1)c1ccc(Br)nc1. The second-order valence-corrected chi connectivity index (χ2v) is 4.51. The van der Waals surface area contributed by atoms with E-state index in [-0.39, 0.29) is 0 Å². The van der Waals surface area contributed by atoms with Gasteiger partial charge in [0.1, 0.15) is 4.60 Å². The predicted molar refractivity (Wildman–Crippen MR) is 72.6 cm³/mol. The summed E-state index contributed by atoms with van der Waals surface area (Å²) in [4.78, 5) is 16.6. The smallest absolute Gasteiger partial charge is 0.412 e. The molecule has 1 heterocycles. The lowest BCUT2D eigenvalue weighted by Crippen LogP contribution is -2.28. The molecule has 0 unspecified atom stereocenters. The summed E-state index contributed by atoms with van der Waals surface area (Å²) in [6.45, 7) is 0.305. The summed E-state index contributed by atoms with van der Waals surface area (Å²) in [6, 6.07) is 12.9. The number of rotatable bonds is 3. The second kappa shape index (κ2) is 5.64. The zero-order chi connectivity index (χ0) is 13.0. The minimum Gasteiger partial charge on any atom is -0.465 e. The van der Waals surface area contributed by atoms with Crippen LogP contribution in [-0.4, -0.2) is 16.2 Å². The molecule has 0 aliphatic carbocycles. The van der Waals surface area contributed by atoms with Gasteiger partial charge >= 0.3 is 6.09 Å². The predicted octanol–water partition coefficient (Wildman–Crippen LogP) is 3.53. The Hall–Kier alpha value is -1.88. The number of amides is 1. The van der Waals surface area contributed by atoms with E-state index in [1.807, 2.05) is 30.3 Å². The Morgan fingerprint density at radius 3 is 2.50 bits per heavy atom. The van der Waals surface area contributed by atoms with Gasteiger partial charge in [0.05, 0.1) is 18.4 Å². The lowest BCUT2D eigenvalue weighted by Gasteiger charge is -2.18. The van der Waals surface area contributed by atoms with E-state index < -0.39 is 6.09 Å². The third-order valence-electron chi connectivity index (χ3n) is 2.44. The van der Waals surface area contributed by atoms with E-state index in [4.69, 9.17) is 0 Å². The Morgan fingerprint density at radius 1 is 1.22 bits per heavy atom. The third-order valence-corrected chi connectivity index (χ3v) is 2.91. The Balaban J connectivity index is 2.24. The minimum absolute atomic E-state index is 0.305. The highest BCUT2D eigenvalue weighted by atomic mass is 79.9. The first-order valence-corrected chi connectivity index (χ1v) is 6.12. The molecule has 0 fully saturated rings. The van der Waals surface area contributed by atoms with Crippen molar-refractivity contribution in [2.75, 3.05) is 4.90 Å². The van der Waals surface area contributed by atoms with Crippen molar-refractivity contribution < 1.29 is 9.90 Å². The van der Waals surface area contributed by atoms with Crippen LogP contribution in [0, 0.1) is 0 Å². The Labute approximate surface area is 113 Å². The van der Waals surface area contributed by atoms with Crippen LogP contribution in [0.15, 0.2) is 53.3 Å². The number of hydrogen-bond donors (Lipinski definition) is 1. The zero-order valence-corrected chi connectivity index (χ0v) is 11.0. The van der Waals surface area contributed by atoms with Crippen LogP contribution in [-0.2, 0) is 6.54 Å². The van der Waals surface area contributed by atoms with Crippen LogP contribution in [0.2, 0.25) is 0 Å². The summed E-state index contributed by atoms with van der Waals surface area (Å²) in [5, 5.41) is 9.24. The number of nitrogens with zero attached hydrogens (tertiary/aromatic N) is 2. The largest absolute Gasteiger partial charge is 0.465 e. The number of aromatic nitrogens is 1. The summed E-state index contributed by atoms with van der Waals surface area (Å²) in [7, 11) is 0. The first-order valence-electron chi connectivity index (χ1n) is 5.33. The van der Waals surface area contributed by atoms with Crippen LogP contribution in [0.4, 0.5) is 10.5 Å². The van der Waals surface area contributed by atoms with Crippen molar-refractivity contribution in [3.8, 4) is 0 Å². The van der Waals surface area contributed by atoms with Crippen LogP contribution in [0.3, 0.4) is 0 Å². The van der Waals surface area contributed by atoms with Crippen molar-refractivity contribution >= 4 is 27.7 Å². The highest BCUT2D eigenvalue weighted by Gasteiger charge is 2.14. The molecule has 0 spiro atoms. The number of carboxylic acid groups (broad SMARTS) is 1. The molecule has 0 atom stereocenters. The van der Waals surface area contributed by atoms with E-state index >= 15 is 0 Å². The lowest BCUT2D eigenvalue weighted by atomic mass is 10.2. The second-order valence-electron chi connectivity index (χ2n) is 3.69. The molecule has 1 aromatic carbocycles. The van der Waals surface area contributed by atoms with Gasteiger partial charge in [-0.1, -0.05) is 30.3 Å². The maximum absolute atomic E-state index is 11.3. The molecule has 92 valence electrons. The Kier molecular flexibility index (Phi) is 3.94. The normalized spacial score (nSPS) is 10.1. The van der Waals surface area contributed by atoms with Gasteiger partial charge in [-0.15, -0.1) is 0 Å². The lowest BCUT2D eigenvalue weighted by molar-refractivity contribution is 0.201. The van der Waals surface area contributed by atoms with E-state index in [1.165, 1.54) is 11.1 Å². The fraction of sp³-hybridized carbons (Fsp3) is 0.0769. The molecule has 0 radical (unpaired) electrons. The number of carbonyl (C=O) groups is 1. The van der Waals surface area contributed by atoms with Crippen LogP contribution in [0.25, 0.3) is 0 Å². The number of hydrogen-bond acceptors (Lipinski definition) is 2. The highest BCUT2D eigenvalue weighted by Crippen LogP contribution is 2.18. The molecule has 0 bridgehead atoms. The van der Waals surface area contributed by atoms with Crippen molar-refractivity contribution in [2.45, 2.75) is 6.54 Å². The first-order chi connectivity index (χ1) is 8.66. The van der Waals surface area contributed by atoms with Crippen LogP contribution in [0.5, 0.6) is 0 Å². The van der Waals surface area contributed by atoms with Gasteiger partial charge in [0.25, 0.3) is 0 Å². The molecular weight excluding hydrogens is 296 g/mol. The van der Waals surface area contributed by atoms with Gasteiger partial charge in [0, 0.05) is 0 Å².